The minimum Gasteiger partial charge on any atom is -0.377 e. The molecule has 1 aromatic rings. The van der Waals surface area contributed by atoms with Crippen molar-refractivity contribution in [3.63, 3.8) is 0 Å². The Bertz CT molecular complexity index is 416. The number of benzene rings is 1. The highest BCUT2D eigenvalue weighted by Gasteiger charge is 2.32. The Morgan fingerprint density at radius 1 is 1.25 bits per heavy atom. The minimum atomic E-state index is 0.313. The van der Waals surface area contributed by atoms with Gasteiger partial charge in [0.1, 0.15) is 0 Å². The maximum Gasteiger partial charge on any atom is 0.0750 e. The van der Waals surface area contributed by atoms with Crippen LogP contribution in [0.2, 0.25) is 0 Å². The maximum atomic E-state index is 6.01. The second-order valence-electron chi connectivity index (χ2n) is 6.16. The lowest BCUT2D eigenvalue weighted by Crippen LogP contribution is -2.46. The molecule has 1 aromatic carbocycles. The van der Waals surface area contributed by atoms with Gasteiger partial charge < -0.3 is 10.1 Å². The summed E-state index contributed by atoms with van der Waals surface area (Å²) in [6.07, 6.45) is 2.73. The van der Waals surface area contributed by atoms with Crippen LogP contribution >= 0.6 is 0 Å². The van der Waals surface area contributed by atoms with Crippen LogP contribution in [-0.4, -0.2) is 25.3 Å². The first-order valence-electron chi connectivity index (χ1n) is 8.10. The van der Waals surface area contributed by atoms with Crippen LogP contribution in [-0.2, 0) is 11.2 Å². The summed E-state index contributed by atoms with van der Waals surface area (Å²) in [5.41, 5.74) is 3.08. The quantitative estimate of drug-likeness (QED) is 0.780. The molecule has 2 rings (SSSR count). The van der Waals surface area contributed by atoms with Crippen LogP contribution in [0.25, 0.3) is 0 Å². The number of likely N-dealkylation sites (N-methyl/N-ethyl adjacent to an activating group) is 1. The first-order valence-corrected chi connectivity index (χ1v) is 8.10. The molecule has 0 bridgehead atoms. The molecule has 20 heavy (non-hydrogen) atoms. The van der Waals surface area contributed by atoms with Gasteiger partial charge in [0, 0.05) is 12.6 Å². The van der Waals surface area contributed by atoms with Crippen molar-refractivity contribution in [2.75, 3.05) is 13.2 Å². The fourth-order valence-electron chi connectivity index (χ4n) is 3.44. The molecular weight excluding hydrogens is 246 g/mol. The highest BCUT2D eigenvalue weighted by molar-refractivity contribution is 5.40. The van der Waals surface area contributed by atoms with Gasteiger partial charge in [0.25, 0.3) is 0 Å². The third kappa shape index (κ3) is 3.42. The van der Waals surface area contributed by atoms with Gasteiger partial charge in [-0.2, -0.15) is 0 Å². The van der Waals surface area contributed by atoms with Crippen LogP contribution in [0.3, 0.4) is 0 Å². The standard InChI is InChI=1S/C18H29NO/c1-5-19-17(18(13(3)4)20-6-2)12-15-11-14-9-7-8-10-16(14)15/h7-10,13,15,17-19H,5-6,11-12H2,1-4H3. The summed E-state index contributed by atoms with van der Waals surface area (Å²) in [5, 5.41) is 3.65. The van der Waals surface area contributed by atoms with E-state index >= 15 is 0 Å². The number of rotatable bonds is 8. The van der Waals surface area contributed by atoms with Crippen molar-refractivity contribution in [1.29, 1.82) is 0 Å². The molecule has 1 aliphatic carbocycles. The Hall–Kier alpha value is -0.860. The summed E-state index contributed by atoms with van der Waals surface area (Å²) in [4.78, 5) is 0. The van der Waals surface area contributed by atoms with E-state index in [2.05, 4.69) is 57.3 Å². The van der Waals surface area contributed by atoms with Gasteiger partial charge >= 0.3 is 0 Å². The molecule has 1 N–H and O–H groups in total. The summed E-state index contributed by atoms with van der Waals surface area (Å²) in [6.45, 7) is 10.6. The molecule has 1 aliphatic rings. The van der Waals surface area contributed by atoms with Gasteiger partial charge in [0.15, 0.2) is 0 Å². The van der Waals surface area contributed by atoms with E-state index in [0.29, 0.717) is 24.0 Å². The zero-order chi connectivity index (χ0) is 14.5. The fraction of sp³-hybridized carbons (Fsp3) is 0.667. The largest absolute Gasteiger partial charge is 0.377 e. The van der Waals surface area contributed by atoms with Crippen LogP contribution in [0.5, 0.6) is 0 Å². The van der Waals surface area contributed by atoms with Gasteiger partial charge in [0.2, 0.25) is 0 Å². The predicted molar refractivity (Wildman–Crippen MR) is 85.2 cm³/mol. The first-order chi connectivity index (χ1) is 9.67. The van der Waals surface area contributed by atoms with Gasteiger partial charge in [0.05, 0.1) is 6.10 Å². The Morgan fingerprint density at radius 3 is 2.60 bits per heavy atom. The molecule has 0 saturated carbocycles. The molecule has 0 heterocycles. The van der Waals surface area contributed by atoms with Gasteiger partial charge in [-0.25, -0.2) is 0 Å². The third-order valence-electron chi connectivity index (χ3n) is 4.38. The van der Waals surface area contributed by atoms with Crippen molar-refractivity contribution in [2.45, 2.75) is 58.6 Å². The van der Waals surface area contributed by atoms with Crippen LogP contribution < -0.4 is 5.32 Å². The van der Waals surface area contributed by atoms with Crippen LogP contribution in [0.1, 0.15) is 51.2 Å². The molecule has 2 heteroatoms. The van der Waals surface area contributed by atoms with Crippen molar-refractivity contribution >= 4 is 0 Å². The summed E-state index contributed by atoms with van der Waals surface area (Å²) in [6, 6.07) is 9.32. The van der Waals surface area contributed by atoms with Gasteiger partial charge in [-0.3, -0.25) is 0 Å². The maximum absolute atomic E-state index is 6.01. The number of fused-ring (bicyclic) bond motifs is 1. The molecule has 112 valence electrons. The van der Waals surface area contributed by atoms with E-state index in [0.717, 1.165) is 13.2 Å². The van der Waals surface area contributed by atoms with Crippen LogP contribution in [0.4, 0.5) is 0 Å². The van der Waals surface area contributed by atoms with Crippen molar-refractivity contribution in [2.24, 2.45) is 5.92 Å². The van der Waals surface area contributed by atoms with Crippen molar-refractivity contribution in [1.82, 2.24) is 5.32 Å². The molecule has 0 aliphatic heterocycles. The SMILES string of the molecule is CCNC(CC1Cc2ccccc21)C(OCC)C(C)C. The smallest absolute Gasteiger partial charge is 0.0750 e. The highest BCUT2D eigenvalue weighted by Crippen LogP contribution is 2.38. The summed E-state index contributed by atoms with van der Waals surface area (Å²) in [7, 11) is 0. The zero-order valence-electron chi connectivity index (χ0n) is 13.4. The number of hydrogen-bond donors (Lipinski definition) is 1. The van der Waals surface area contributed by atoms with E-state index in [4.69, 9.17) is 4.74 Å². The normalized spacial score (nSPS) is 20.4. The van der Waals surface area contributed by atoms with Crippen LogP contribution in [0, 0.1) is 5.92 Å². The lowest BCUT2D eigenvalue weighted by atomic mass is 9.73. The molecule has 0 amide bonds. The van der Waals surface area contributed by atoms with E-state index in [1.54, 1.807) is 5.56 Å². The van der Waals surface area contributed by atoms with Gasteiger partial charge in [-0.15, -0.1) is 0 Å². The molecule has 2 nitrogen and oxygen atoms in total. The van der Waals surface area contributed by atoms with E-state index in [1.165, 1.54) is 18.4 Å². The molecule has 0 spiro atoms. The molecule has 0 aromatic heterocycles. The second kappa shape index (κ2) is 7.24. The number of hydrogen-bond acceptors (Lipinski definition) is 2. The molecule has 3 unspecified atom stereocenters. The number of ether oxygens (including phenoxy) is 1. The number of nitrogens with one attached hydrogen (secondary N) is 1. The summed E-state index contributed by atoms with van der Waals surface area (Å²) >= 11 is 0. The average molecular weight is 275 g/mol. The van der Waals surface area contributed by atoms with Crippen molar-refractivity contribution < 1.29 is 4.74 Å². The Labute approximate surface area is 123 Å². The topological polar surface area (TPSA) is 21.3 Å². The van der Waals surface area contributed by atoms with E-state index in [1.807, 2.05) is 0 Å². The molecule has 3 atom stereocenters. The van der Waals surface area contributed by atoms with Crippen molar-refractivity contribution in [3.8, 4) is 0 Å². The lowest BCUT2D eigenvalue weighted by molar-refractivity contribution is -0.000322. The molecule has 0 fully saturated rings. The predicted octanol–water partition coefficient (Wildman–Crippen LogP) is 3.76. The molecule has 0 saturated heterocycles. The lowest BCUT2D eigenvalue weighted by Gasteiger charge is -2.37. The van der Waals surface area contributed by atoms with Gasteiger partial charge in [-0.05, 0) is 49.3 Å². The second-order valence-corrected chi connectivity index (χ2v) is 6.16. The summed E-state index contributed by atoms with van der Waals surface area (Å²) < 4.78 is 6.01. The minimum absolute atomic E-state index is 0.313. The van der Waals surface area contributed by atoms with Crippen LogP contribution in [0.15, 0.2) is 24.3 Å². The summed E-state index contributed by atoms with van der Waals surface area (Å²) in [5.74, 6) is 1.26. The average Bonchev–Trinajstić information content (AvgIpc) is 2.41. The van der Waals surface area contributed by atoms with Gasteiger partial charge in [-0.1, -0.05) is 45.0 Å². The first kappa shape index (κ1) is 15.5. The monoisotopic (exact) mass is 275 g/mol. The fourth-order valence-corrected chi connectivity index (χ4v) is 3.44. The third-order valence-corrected chi connectivity index (χ3v) is 4.38. The van der Waals surface area contributed by atoms with E-state index in [-0.39, 0.29) is 0 Å². The Kier molecular flexibility index (Phi) is 5.62. The van der Waals surface area contributed by atoms with E-state index in [9.17, 15) is 0 Å². The highest BCUT2D eigenvalue weighted by atomic mass is 16.5. The Morgan fingerprint density at radius 2 is 2.00 bits per heavy atom. The molecule has 0 radical (unpaired) electrons. The zero-order valence-corrected chi connectivity index (χ0v) is 13.4. The van der Waals surface area contributed by atoms with Crippen molar-refractivity contribution in [3.05, 3.63) is 35.4 Å². The van der Waals surface area contributed by atoms with E-state index < -0.39 is 0 Å². The Balaban J connectivity index is 2.03. The molecular formula is C18H29NO.